The molecule has 3 rings (SSSR count). The molecule has 0 saturated heterocycles. The minimum absolute atomic E-state index is 0. The van der Waals surface area contributed by atoms with Crippen molar-refractivity contribution in [1.82, 2.24) is 10.3 Å². The Labute approximate surface area is 195 Å². The minimum Gasteiger partial charge on any atom is -0.370 e. The Morgan fingerprint density at radius 1 is 1.16 bits per heavy atom. The fourth-order valence-electron chi connectivity index (χ4n) is 4.07. The second-order valence-electron chi connectivity index (χ2n) is 8.37. The van der Waals surface area contributed by atoms with Crippen molar-refractivity contribution in [1.29, 1.82) is 0 Å². The molecular formula is C24H31ClN4O3. The van der Waals surface area contributed by atoms with Crippen LogP contribution in [-0.4, -0.2) is 35.3 Å². The second kappa shape index (κ2) is 11.6. The van der Waals surface area contributed by atoms with Crippen molar-refractivity contribution >= 4 is 35.9 Å². The van der Waals surface area contributed by atoms with Crippen LogP contribution in [0.5, 0.6) is 0 Å². The number of halogens is 1. The third-order valence-electron chi connectivity index (χ3n) is 5.72. The van der Waals surface area contributed by atoms with E-state index in [-0.39, 0.29) is 48.5 Å². The Hall–Kier alpha value is -2.93. The van der Waals surface area contributed by atoms with Crippen molar-refractivity contribution in [2.45, 2.75) is 45.6 Å². The molecule has 3 amide bonds. The summed E-state index contributed by atoms with van der Waals surface area (Å²) in [6.45, 7) is 4.28. The van der Waals surface area contributed by atoms with Gasteiger partial charge in [0.05, 0.1) is 12.5 Å². The fraction of sp³-hybridized carbons (Fsp3) is 0.417. The van der Waals surface area contributed by atoms with Crippen LogP contribution in [0, 0.1) is 11.8 Å². The van der Waals surface area contributed by atoms with Crippen LogP contribution in [-0.2, 0) is 27.2 Å². The molecule has 8 heteroatoms. The number of hydrogen-bond donors (Lipinski definition) is 2. The number of carbonyl (C=O) groups is 3. The van der Waals surface area contributed by atoms with Gasteiger partial charge < -0.3 is 11.1 Å². The van der Waals surface area contributed by atoms with Gasteiger partial charge in [-0.3, -0.25) is 19.3 Å². The van der Waals surface area contributed by atoms with Crippen LogP contribution in [0.15, 0.2) is 48.7 Å². The maximum atomic E-state index is 13.5. The maximum Gasteiger partial charge on any atom is 0.231 e. The van der Waals surface area contributed by atoms with Gasteiger partial charge >= 0.3 is 0 Å². The van der Waals surface area contributed by atoms with Gasteiger partial charge in [0, 0.05) is 25.1 Å². The van der Waals surface area contributed by atoms with E-state index >= 15 is 0 Å². The highest BCUT2D eigenvalue weighted by Gasteiger charge is 2.38. The van der Waals surface area contributed by atoms with Crippen LogP contribution in [0.2, 0.25) is 0 Å². The van der Waals surface area contributed by atoms with E-state index in [1.54, 1.807) is 11.1 Å². The largest absolute Gasteiger partial charge is 0.370 e. The van der Waals surface area contributed by atoms with Crippen molar-refractivity contribution in [2.75, 3.05) is 11.4 Å². The van der Waals surface area contributed by atoms with Gasteiger partial charge in [-0.1, -0.05) is 50.2 Å². The summed E-state index contributed by atoms with van der Waals surface area (Å²) < 4.78 is 0. The molecule has 0 saturated carbocycles. The molecule has 1 aliphatic heterocycles. The Morgan fingerprint density at radius 3 is 2.53 bits per heavy atom. The summed E-state index contributed by atoms with van der Waals surface area (Å²) >= 11 is 0. The highest BCUT2D eigenvalue weighted by Crippen LogP contribution is 2.33. The standard InChI is InChI=1S/C24H30N4O3.ClH/c1-16(2)20(10-11-21(25)29)24(31)28-19(14-18-9-6-12-26-23(18)28)15-27-22(30)13-17-7-4-3-5-8-17;/h3-9,12,16,19-20H,10-11,13-15H2,1-2H3,(H2,25,29)(H,27,30);1H/t19-,20-;/m0./s1. The number of nitrogens with one attached hydrogen (secondary N) is 1. The van der Waals surface area contributed by atoms with E-state index < -0.39 is 5.91 Å². The molecule has 2 aromatic rings. The first-order valence-corrected chi connectivity index (χ1v) is 10.7. The Bertz CT molecular complexity index is 936. The van der Waals surface area contributed by atoms with Crippen LogP contribution in [0.3, 0.4) is 0 Å². The van der Waals surface area contributed by atoms with E-state index in [2.05, 4.69) is 10.3 Å². The molecule has 1 aliphatic rings. The van der Waals surface area contributed by atoms with Crippen LogP contribution < -0.4 is 16.0 Å². The lowest BCUT2D eigenvalue weighted by molar-refractivity contribution is -0.125. The monoisotopic (exact) mass is 458 g/mol. The van der Waals surface area contributed by atoms with Crippen molar-refractivity contribution in [2.24, 2.45) is 17.6 Å². The number of aromatic nitrogens is 1. The van der Waals surface area contributed by atoms with Crippen molar-refractivity contribution in [3.63, 3.8) is 0 Å². The number of benzene rings is 1. The number of primary amides is 1. The smallest absolute Gasteiger partial charge is 0.231 e. The summed E-state index contributed by atoms with van der Waals surface area (Å²) in [6.07, 6.45) is 3.15. The molecule has 0 radical (unpaired) electrons. The number of amides is 3. The molecule has 172 valence electrons. The fourth-order valence-corrected chi connectivity index (χ4v) is 4.07. The van der Waals surface area contributed by atoms with Gasteiger partial charge in [-0.15, -0.1) is 12.4 Å². The molecule has 1 aromatic carbocycles. The van der Waals surface area contributed by atoms with Crippen LogP contribution in [0.1, 0.15) is 37.8 Å². The molecule has 0 unspecified atom stereocenters. The lowest BCUT2D eigenvalue weighted by Crippen LogP contribution is -2.48. The summed E-state index contributed by atoms with van der Waals surface area (Å²) in [7, 11) is 0. The first-order chi connectivity index (χ1) is 14.9. The SMILES string of the molecule is CC(C)[C@H](CCC(N)=O)C(=O)N1c2ncccc2C[C@H]1CNC(=O)Cc1ccccc1.Cl. The second-order valence-corrected chi connectivity index (χ2v) is 8.37. The number of anilines is 1. The Morgan fingerprint density at radius 2 is 1.88 bits per heavy atom. The molecule has 0 fully saturated rings. The molecule has 32 heavy (non-hydrogen) atoms. The summed E-state index contributed by atoms with van der Waals surface area (Å²) in [5.74, 6) is -0.230. The quantitative estimate of drug-likeness (QED) is 0.602. The zero-order chi connectivity index (χ0) is 22.4. The molecule has 0 spiro atoms. The summed E-state index contributed by atoms with van der Waals surface area (Å²) in [5.41, 5.74) is 7.24. The molecule has 0 bridgehead atoms. The molecule has 7 nitrogen and oxygen atoms in total. The van der Waals surface area contributed by atoms with E-state index in [1.165, 1.54) is 0 Å². The molecule has 2 heterocycles. The number of pyridine rings is 1. The lowest BCUT2D eigenvalue weighted by atomic mass is 9.89. The molecule has 2 atom stereocenters. The summed E-state index contributed by atoms with van der Waals surface area (Å²) in [6, 6.07) is 13.1. The van der Waals surface area contributed by atoms with E-state index in [9.17, 15) is 14.4 Å². The van der Waals surface area contributed by atoms with Crippen molar-refractivity contribution < 1.29 is 14.4 Å². The number of rotatable bonds is 9. The third-order valence-corrected chi connectivity index (χ3v) is 5.72. The van der Waals surface area contributed by atoms with Crippen molar-refractivity contribution in [3.05, 3.63) is 59.8 Å². The average molecular weight is 459 g/mol. The molecule has 0 aliphatic carbocycles. The van der Waals surface area contributed by atoms with Gasteiger partial charge in [-0.05, 0) is 36.0 Å². The van der Waals surface area contributed by atoms with Crippen LogP contribution in [0.25, 0.3) is 0 Å². The van der Waals surface area contributed by atoms with Gasteiger partial charge in [0.1, 0.15) is 5.82 Å². The van der Waals surface area contributed by atoms with E-state index in [0.717, 1.165) is 11.1 Å². The molecular weight excluding hydrogens is 428 g/mol. The number of fused-ring (bicyclic) bond motifs is 1. The predicted octanol–water partition coefficient (Wildman–Crippen LogP) is 2.66. The first-order valence-electron chi connectivity index (χ1n) is 10.7. The zero-order valence-corrected chi connectivity index (χ0v) is 19.3. The number of hydrogen-bond acceptors (Lipinski definition) is 4. The Balaban J connectivity index is 0.00000363. The minimum atomic E-state index is -0.414. The maximum absolute atomic E-state index is 13.5. The zero-order valence-electron chi connectivity index (χ0n) is 18.5. The third kappa shape index (κ3) is 6.29. The normalized spacial score (nSPS) is 15.6. The Kier molecular flexibility index (Phi) is 9.20. The van der Waals surface area contributed by atoms with Gasteiger partial charge in [-0.25, -0.2) is 4.98 Å². The van der Waals surface area contributed by atoms with E-state index in [4.69, 9.17) is 5.73 Å². The van der Waals surface area contributed by atoms with Gasteiger partial charge in [0.2, 0.25) is 17.7 Å². The topological polar surface area (TPSA) is 105 Å². The van der Waals surface area contributed by atoms with E-state index in [1.807, 2.05) is 56.3 Å². The average Bonchev–Trinajstić information content (AvgIpc) is 3.11. The van der Waals surface area contributed by atoms with E-state index in [0.29, 0.717) is 31.6 Å². The van der Waals surface area contributed by atoms with Crippen molar-refractivity contribution in [3.8, 4) is 0 Å². The number of nitrogens with two attached hydrogens (primary N) is 1. The molecule has 1 aromatic heterocycles. The molecule has 3 N–H and O–H groups in total. The number of nitrogens with zero attached hydrogens (tertiary/aromatic N) is 2. The summed E-state index contributed by atoms with van der Waals surface area (Å²) in [5, 5.41) is 2.98. The van der Waals surface area contributed by atoms with Gasteiger partial charge in [0.25, 0.3) is 0 Å². The van der Waals surface area contributed by atoms with Crippen LogP contribution >= 0.6 is 12.4 Å². The predicted molar refractivity (Wildman–Crippen MR) is 126 cm³/mol. The summed E-state index contributed by atoms with van der Waals surface area (Å²) in [4.78, 5) is 43.4. The van der Waals surface area contributed by atoms with Gasteiger partial charge in [0.15, 0.2) is 0 Å². The first kappa shape index (κ1) is 25.3. The highest BCUT2D eigenvalue weighted by atomic mass is 35.5. The number of carbonyl (C=O) groups excluding carboxylic acids is 3. The van der Waals surface area contributed by atoms with Crippen LogP contribution in [0.4, 0.5) is 5.82 Å². The highest BCUT2D eigenvalue weighted by molar-refractivity contribution is 5.97. The van der Waals surface area contributed by atoms with Gasteiger partial charge in [-0.2, -0.15) is 0 Å². The lowest BCUT2D eigenvalue weighted by Gasteiger charge is -2.30.